The van der Waals surface area contributed by atoms with Crippen LogP contribution in [-0.2, 0) is 29.2 Å². The molecular weight excluding hydrogens is 814 g/mol. The minimum atomic E-state index is -4.75. The van der Waals surface area contributed by atoms with Gasteiger partial charge in [-0.2, -0.15) is 0 Å². The van der Waals surface area contributed by atoms with E-state index in [2.05, 4.69) is 45.2 Å². The maximum absolute atomic E-state index is 13.8. The van der Waals surface area contributed by atoms with Gasteiger partial charge in [0, 0.05) is 19.0 Å². The van der Waals surface area contributed by atoms with E-state index in [0.717, 1.165) is 32.8 Å². The quantitative estimate of drug-likeness (QED) is 0.165. The number of benzene rings is 2. The summed E-state index contributed by atoms with van der Waals surface area (Å²) in [6, 6.07) is 9.42. The van der Waals surface area contributed by atoms with Crippen molar-refractivity contribution >= 4 is 73.2 Å². The van der Waals surface area contributed by atoms with Crippen molar-refractivity contribution in [1.82, 2.24) is 0 Å². The van der Waals surface area contributed by atoms with Crippen LogP contribution in [0.2, 0.25) is 0 Å². The highest BCUT2D eigenvalue weighted by atomic mass is 127. The molecule has 0 aromatic heterocycles. The summed E-state index contributed by atoms with van der Waals surface area (Å²) in [6.07, 6.45) is 4.46. The Labute approximate surface area is 282 Å². The molecule has 0 spiro atoms. The number of carbonyl (C=O) groups excluding carboxylic acids is 3. The second kappa shape index (κ2) is 10.6. The molecule has 12 heteroatoms. The Bertz CT molecular complexity index is 1680. The topological polar surface area (TPSA) is 136 Å². The van der Waals surface area contributed by atoms with E-state index in [4.69, 9.17) is 14.2 Å². The van der Waals surface area contributed by atoms with E-state index in [9.17, 15) is 27.4 Å². The Morgan fingerprint density at radius 2 is 1.57 bits per heavy atom. The predicted octanol–water partition coefficient (Wildman–Crippen LogP) is 5.28. The third-order valence-corrected chi connectivity index (χ3v) is 15.0. The highest BCUT2D eigenvalue weighted by Gasteiger charge is 2.70. The standard InChI is InChI=1S/C32H30I2O9S/c33-22-3-1-15(10-23(22)34)30(35)42-28-20-12-21-27(32(37)43-29(21)28)26(20)31(36)41-18-2-4-24(44(38,39)40)19(11-18)25-16-6-13-5-14(8-16)9-17(25)7-13/h1-4,10-11,13-14,16-17,20-21,25-29H,5-9,12H2,(H,38,39,40)/p-1. The molecule has 6 unspecified atom stereocenters. The molecule has 6 atom stereocenters. The fourth-order valence-corrected chi connectivity index (χ4v) is 11.5. The van der Waals surface area contributed by atoms with Gasteiger partial charge in [-0.1, -0.05) is 0 Å². The SMILES string of the molecule is O=C(OC1C2CC3C1OC(=O)C3C2C(=O)Oc1ccc(S(=O)(=O)[O-])c(C2C3CC4CC(C3)CC2C4)c1)c1ccc(I)c(I)c1. The van der Waals surface area contributed by atoms with Crippen LogP contribution in [0, 0.1) is 54.5 Å². The molecule has 44 heavy (non-hydrogen) atoms. The van der Waals surface area contributed by atoms with Crippen LogP contribution in [0.25, 0.3) is 0 Å². The van der Waals surface area contributed by atoms with Crippen molar-refractivity contribution < 1.29 is 41.6 Å². The average Bonchev–Trinajstić information content (AvgIpc) is 3.57. The molecule has 6 saturated carbocycles. The van der Waals surface area contributed by atoms with Crippen molar-refractivity contribution in [3.8, 4) is 5.75 Å². The van der Waals surface area contributed by atoms with Crippen molar-refractivity contribution in [1.29, 1.82) is 0 Å². The number of esters is 3. The minimum absolute atomic E-state index is 0.0682. The van der Waals surface area contributed by atoms with Crippen molar-refractivity contribution in [2.24, 2.45) is 47.3 Å². The van der Waals surface area contributed by atoms with Crippen molar-refractivity contribution in [2.45, 2.75) is 61.5 Å². The Balaban J connectivity index is 1.06. The molecule has 0 radical (unpaired) electrons. The lowest BCUT2D eigenvalue weighted by Crippen LogP contribution is -2.44. The molecule has 2 aromatic rings. The van der Waals surface area contributed by atoms with Gasteiger partial charge in [0.1, 0.15) is 28.1 Å². The Morgan fingerprint density at radius 3 is 2.23 bits per heavy atom. The molecule has 0 amide bonds. The van der Waals surface area contributed by atoms with E-state index >= 15 is 0 Å². The van der Waals surface area contributed by atoms with E-state index in [0.29, 0.717) is 41.2 Å². The first-order valence-electron chi connectivity index (χ1n) is 15.1. The maximum atomic E-state index is 13.8. The van der Waals surface area contributed by atoms with E-state index < -0.39 is 58.0 Å². The smallest absolute Gasteiger partial charge is 0.338 e. The van der Waals surface area contributed by atoms with Gasteiger partial charge in [-0.15, -0.1) is 0 Å². The van der Waals surface area contributed by atoms with Crippen LogP contribution in [0.3, 0.4) is 0 Å². The molecule has 0 N–H and O–H groups in total. The number of hydrogen-bond acceptors (Lipinski definition) is 9. The average molecular weight is 843 g/mol. The van der Waals surface area contributed by atoms with Crippen molar-refractivity contribution in [3.63, 3.8) is 0 Å². The predicted molar refractivity (Wildman–Crippen MR) is 169 cm³/mol. The molecule has 1 heterocycles. The number of carbonyl (C=O) groups is 3. The lowest BCUT2D eigenvalue weighted by atomic mass is 9.51. The van der Waals surface area contributed by atoms with Gasteiger partial charge in [0.15, 0.2) is 0 Å². The van der Waals surface area contributed by atoms with Crippen molar-refractivity contribution in [2.75, 3.05) is 0 Å². The molecule has 6 aliphatic carbocycles. The minimum Gasteiger partial charge on any atom is -0.744 e. The number of rotatable bonds is 6. The zero-order chi connectivity index (χ0) is 30.7. The molecule has 9 rings (SSSR count). The molecule has 232 valence electrons. The summed E-state index contributed by atoms with van der Waals surface area (Å²) in [5, 5.41) is 0. The van der Waals surface area contributed by atoms with Gasteiger partial charge in [0.25, 0.3) is 0 Å². The van der Waals surface area contributed by atoms with Gasteiger partial charge >= 0.3 is 17.9 Å². The fraction of sp³-hybridized carbons (Fsp3) is 0.531. The number of ether oxygens (including phenoxy) is 3. The Kier molecular flexibility index (Phi) is 7.15. The summed E-state index contributed by atoms with van der Waals surface area (Å²) < 4.78 is 56.4. The van der Waals surface area contributed by atoms with Crippen LogP contribution >= 0.6 is 45.2 Å². The second-order valence-electron chi connectivity index (χ2n) is 13.5. The zero-order valence-electron chi connectivity index (χ0n) is 23.4. The van der Waals surface area contributed by atoms with Gasteiger partial charge in [-0.3, -0.25) is 9.59 Å². The third-order valence-electron chi connectivity index (χ3n) is 11.3. The van der Waals surface area contributed by atoms with Crippen LogP contribution in [0.1, 0.15) is 60.4 Å². The van der Waals surface area contributed by atoms with E-state index in [-0.39, 0.29) is 22.5 Å². The highest BCUT2D eigenvalue weighted by molar-refractivity contribution is 14.1. The highest BCUT2D eigenvalue weighted by Crippen LogP contribution is 2.61. The largest absolute Gasteiger partial charge is 0.744 e. The summed E-state index contributed by atoms with van der Waals surface area (Å²) in [4.78, 5) is 39.6. The Hall–Kier alpha value is -1.78. The summed E-state index contributed by atoms with van der Waals surface area (Å²) in [5.41, 5.74) is 0.828. The van der Waals surface area contributed by atoms with Crippen LogP contribution in [0.5, 0.6) is 5.75 Å². The fourth-order valence-electron chi connectivity index (χ4n) is 9.98. The molecule has 7 aliphatic rings. The molecule has 6 bridgehead atoms. The molecule has 1 aliphatic heterocycles. The molecule has 2 aromatic carbocycles. The number of halogens is 2. The van der Waals surface area contributed by atoms with Crippen LogP contribution in [0.15, 0.2) is 41.3 Å². The summed E-state index contributed by atoms with van der Waals surface area (Å²) >= 11 is 4.33. The number of fused-ring (bicyclic) bond motifs is 1. The number of hydrogen-bond donors (Lipinski definition) is 0. The summed E-state index contributed by atoms with van der Waals surface area (Å²) in [5.74, 6) is -1.92. The van der Waals surface area contributed by atoms with Crippen LogP contribution in [-0.4, -0.2) is 43.1 Å². The van der Waals surface area contributed by atoms with E-state index in [1.54, 1.807) is 18.2 Å². The van der Waals surface area contributed by atoms with Crippen LogP contribution in [0.4, 0.5) is 0 Å². The van der Waals surface area contributed by atoms with E-state index in [1.165, 1.54) is 18.6 Å². The van der Waals surface area contributed by atoms with Gasteiger partial charge in [-0.05, 0) is 155 Å². The van der Waals surface area contributed by atoms with Gasteiger partial charge < -0.3 is 18.8 Å². The normalized spacial score (nSPS) is 37.7. The summed E-state index contributed by atoms with van der Waals surface area (Å²) in [6.45, 7) is 0. The molecule has 1 saturated heterocycles. The van der Waals surface area contributed by atoms with Gasteiger partial charge in [0.2, 0.25) is 0 Å². The lowest BCUT2D eigenvalue weighted by molar-refractivity contribution is -0.149. The summed E-state index contributed by atoms with van der Waals surface area (Å²) in [7, 11) is -4.75. The first kappa shape index (κ1) is 29.6. The van der Waals surface area contributed by atoms with E-state index in [1.807, 2.05) is 6.07 Å². The lowest BCUT2D eigenvalue weighted by Gasteiger charge is -2.55. The third kappa shape index (κ3) is 4.74. The first-order valence-corrected chi connectivity index (χ1v) is 18.7. The van der Waals surface area contributed by atoms with Gasteiger partial charge in [0.05, 0.1) is 22.3 Å². The second-order valence-corrected chi connectivity index (χ2v) is 17.2. The molecule has 9 nitrogen and oxygen atoms in total. The molecule has 7 fully saturated rings. The molecular formula is C32H29I2O9S-. The Morgan fingerprint density at radius 1 is 0.864 bits per heavy atom. The van der Waals surface area contributed by atoms with Crippen LogP contribution < -0.4 is 4.74 Å². The first-order chi connectivity index (χ1) is 21.0. The zero-order valence-corrected chi connectivity index (χ0v) is 28.5. The maximum Gasteiger partial charge on any atom is 0.338 e. The van der Waals surface area contributed by atoms with Gasteiger partial charge in [-0.25, -0.2) is 13.2 Å². The van der Waals surface area contributed by atoms with Crippen molar-refractivity contribution in [3.05, 3.63) is 54.7 Å². The monoisotopic (exact) mass is 843 g/mol.